The monoisotopic (exact) mass is 261 g/mol. The van der Waals surface area contributed by atoms with Gasteiger partial charge in [0.1, 0.15) is 5.75 Å². The minimum atomic E-state index is 0.173. The van der Waals surface area contributed by atoms with Crippen molar-refractivity contribution in [2.24, 2.45) is 11.8 Å². The van der Waals surface area contributed by atoms with Gasteiger partial charge in [0.2, 0.25) is 0 Å². The van der Waals surface area contributed by atoms with Gasteiger partial charge in [-0.05, 0) is 51.3 Å². The van der Waals surface area contributed by atoms with Crippen LogP contribution in [-0.4, -0.2) is 40.2 Å². The largest absolute Gasteiger partial charge is 0.506 e. The van der Waals surface area contributed by atoms with Crippen molar-refractivity contribution in [2.75, 3.05) is 19.6 Å². The fourth-order valence-electron chi connectivity index (χ4n) is 3.67. The second-order valence-corrected chi connectivity index (χ2v) is 6.48. The molecule has 19 heavy (non-hydrogen) atoms. The van der Waals surface area contributed by atoms with Gasteiger partial charge in [0.25, 0.3) is 0 Å². The maximum Gasteiger partial charge on any atom is 0.138 e. The average Bonchev–Trinajstić information content (AvgIpc) is 2.89. The van der Waals surface area contributed by atoms with Crippen LogP contribution in [0, 0.1) is 18.8 Å². The maximum atomic E-state index is 9.97. The minimum Gasteiger partial charge on any atom is -0.506 e. The van der Waals surface area contributed by atoms with Crippen molar-refractivity contribution in [3.8, 4) is 5.75 Å². The fourth-order valence-corrected chi connectivity index (χ4v) is 3.67. The number of fused-ring (bicyclic) bond motifs is 1. The molecule has 0 aliphatic carbocycles. The van der Waals surface area contributed by atoms with Crippen LogP contribution in [-0.2, 0) is 6.54 Å². The second kappa shape index (κ2) is 4.46. The Labute approximate surface area is 114 Å². The highest BCUT2D eigenvalue weighted by molar-refractivity contribution is 5.28. The molecule has 0 spiro atoms. The molecule has 2 fully saturated rings. The van der Waals surface area contributed by atoms with Gasteiger partial charge in [0.15, 0.2) is 0 Å². The predicted octanol–water partition coefficient (Wildman–Crippen LogP) is 1.53. The van der Waals surface area contributed by atoms with E-state index in [-0.39, 0.29) is 5.54 Å². The van der Waals surface area contributed by atoms with Crippen molar-refractivity contribution in [2.45, 2.75) is 32.9 Å². The number of aromatic hydroxyl groups is 1. The number of rotatable bonds is 2. The van der Waals surface area contributed by atoms with Crippen molar-refractivity contribution in [1.29, 1.82) is 0 Å². The van der Waals surface area contributed by atoms with Crippen LogP contribution in [0.15, 0.2) is 12.1 Å². The number of nitrogens with one attached hydrogen (secondary N) is 1. The van der Waals surface area contributed by atoms with Gasteiger partial charge in [0.05, 0.1) is 5.69 Å². The lowest BCUT2D eigenvalue weighted by Crippen LogP contribution is -2.44. The Bertz CT molecular complexity index is 486. The van der Waals surface area contributed by atoms with Crippen LogP contribution in [0.25, 0.3) is 0 Å². The molecule has 1 aromatic rings. The van der Waals surface area contributed by atoms with Gasteiger partial charge in [-0.1, -0.05) is 0 Å². The molecule has 0 radical (unpaired) electrons. The predicted molar refractivity (Wildman–Crippen MR) is 75.0 cm³/mol. The fraction of sp³-hybridized carbons (Fsp3) is 0.667. The lowest BCUT2D eigenvalue weighted by molar-refractivity contribution is 0.129. The normalized spacial score (nSPS) is 29.6. The number of nitrogens with zero attached hydrogens (tertiary/aromatic N) is 2. The van der Waals surface area contributed by atoms with E-state index in [1.54, 1.807) is 6.07 Å². The van der Waals surface area contributed by atoms with E-state index in [4.69, 9.17) is 0 Å². The Kier molecular flexibility index (Phi) is 3.02. The molecule has 2 saturated heterocycles. The zero-order chi connectivity index (χ0) is 13.6. The summed E-state index contributed by atoms with van der Waals surface area (Å²) in [4.78, 5) is 6.97. The van der Waals surface area contributed by atoms with Crippen molar-refractivity contribution in [3.05, 3.63) is 23.5 Å². The number of hydrogen-bond donors (Lipinski definition) is 2. The molecule has 2 aliphatic rings. The van der Waals surface area contributed by atoms with Gasteiger partial charge in [-0.3, -0.25) is 9.88 Å². The molecular weight excluding hydrogens is 238 g/mol. The summed E-state index contributed by atoms with van der Waals surface area (Å²) in [6, 6.07) is 3.61. The summed E-state index contributed by atoms with van der Waals surface area (Å²) in [7, 11) is 0. The van der Waals surface area contributed by atoms with Gasteiger partial charge >= 0.3 is 0 Å². The van der Waals surface area contributed by atoms with E-state index in [9.17, 15) is 5.11 Å². The highest BCUT2D eigenvalue weighted by Gasteiger charge is 2.49. The number of likely N-dealkylation sites (tertiary alicyclic amines) is 1. The third kappa shape index (κ3) is 2.13. The first-order valence-electron chi connectivity index (χ1n) is 7.09. The molecule has 2 N–H and O–H groups in total. The first kappa shape index (κ1) is 12.9. The topological polar surface area (TPSA) is 48.4 Å². The Morgan fingerprint density at radius 3 is 2.95 bits per heavy atom. The van der Waals surface area contributed by atoms with Crippen LogP contribution < -0.4 is 5.32 Å². The molecule has 4 nitrogen and oxygen atoms in total. The quantitative estimate of drug-likeness (QED) is 0.847. The Morgan fingerprint density at radius 1 is 1.42 bits per heavy atom. The van der Waals surface area contributed by atoms with Crippen molar-refractivity contribution in [1.82, 2.24) is 15.2 Å². The van der Waals surface area contributed by atoms with Crippen LogP contribution in [0.1, 0.15) is 25.2 Å². The molecule has 0 saturated carbocycles. The Balaban J connectivity index is 1.82. The second-order valence-electron chi connectivity index (χ2n) is 6.48. The highest BCUT2D eigenvalue weighted by Crippen LogP contribution is 2.41. The third-order valence-electron chi connectivity index (χ3n) is 4.95. The zero-order valence-electron chi connectivity index (χ0n) is 12.0. The molecule has 0 bridgehead atoms. The maximum absolute atomic E-state index is 9.97. The molecule has 2 aliphatic heterocycles. The molecule has 0 aromatic carbocycles. The number of aryl methyl sites for hydroxylation is 1. The third-order valence-corrected chi connectivity index (χ3v) is 4.95. The van der Waals surface area contributed by atoms with E-state index in [0.717, 1.165) is 43.5 Å². The highest BCUT2D eigenvalue weighted by atomic mass is 16.3. The van der Waals surface area contributed by atoms with Crippen molar-refractivity contribution >= 4 is 0 Å². The van der Waals surface area contributed by atoms with Gasteiger partial charge in [0, 0.05) is 30.9 Å². The van der Waals surface area contributed by atoms with Gasteiger partial charge in [-0.15, -0.1) is 0 Å². The lowest BCUT2D eigenvalue weighted by atomic mass is 9.85. The zero-order valence-corrected chi connectivity index (χ0v) is 12.0. The molecule has 104 valence electrons. The van der Waals surface area contributed by atoms with E-state index < -0.39 is 0 Å². The minimum absolute atomic E-state index is 0.173. The van der Waals surface area contributed by atoms with E-state index in [1.807, 2.05) is 13.0 Å². The summed E-state index contributed by atoms with van der Waals surface area (Å²) in [5.41, 5.74) is 1.94. The van der Waals surface area contributed by atoms with E-state index >= 15 is 0 Å². The molecule has 3 heterocycles. The lowest BCUT2D eigenvalue weighted by Gasteiger charge is -2.35. The Hall–Kier alpha value is -1.13. The standard InChI is InChI=1S/C15H23N3O/c1-10-4-5-14(19)13(17-10)9-18-8-11-6-16-7-12(11)15(18,2)3/h4-5,11-12,16,19H,6-9H2,1-3H3. The van der Waals surface area contributed by atoms with Crippen LogP contribution in [0.4, 0.5) is 0 Å². The molecule has 2 unspecified atom stereocenters. The van der Waals surface area contributed by atoms with E-state index in [1.165, 1.54) is 0 Å². The smallest absolute Gasteiger partial charge is 0.138 e. The van der Waals surface area contributed by atoms with Crippen LogP contribution in [0.3, 0.4) is 0 Å². The number of aromatic nitrogens is 1. The summed E-state index contributed by atoms with van der Waals surface area (Å²) in [5.74, 6) is 1.76. The van der Waals surface area contributed by atoms with Gasteiger partial charge in [-0.2, -0.15) is 0 Å². The van der Waals surface area contributed by atoms with Gasteiger partial charge < -0.3 is 10.4 Å². The average molecular weight is 261 g/mol. The summed E-state index contributed by atoms with van der Waals surface area (Å²) < 4.78 is 0. The molecule has 3 rings (SSSR count). The molecule has 2 atom stereocenters. The van der Waals surface area contributed by atoms with E-state index in [2.05, 4.69) is 29.0 Å². The Morgan fingerprint density at radius 2 is 2.21 bits per heavy atom. The van der Waals surface area contributed by atoms with E-state index in [0.29, 0.717) is 11.7 Å². The van der Waals surface area contributed by atoms with Crippen molar-refractivity contribution in [3.63, 3.8) is 0 Å². The molecular formula is C15H23N3O. The van der Waals surface area contributed by atoms with Crippen LogP contribution >= 0.6 is 0 Å². The summed E-state index contributed by atoms with van der Waals surface area (Å²) in [5, 5.41) is 13.5. The van der Waals surface area contributed by atoms with Crippen molar-refractivity contribution < 1.29 is 5.11 Å². The first-order chi connectivity index (χ1) is 8.98. The summed E-state index contributed by atoms with van der Waals surface area (Å²) in [6.45, 7) is 10.7. The first-order valence-corrected chi connectivity index (χ1v) is 7.09. The number of pyridine rings is 1. The summed E-state index contributed by atoms with van der Waals surface area (Å²) >= 11 is 0. The molecule has 4 heteroatoms. The SMILES string of the molecule is Cc1ccc(O)c(CN2CC3CNCC3C2(C)C)n1. The number of hydrogen-bond acceptors (Lipinski definition) is 4. The molecule has 0 amide bonds. The summed E-state index contributed by atoms with van der Waals surface area (Å²) in [6.07, 6.45) is 0. The van der Waals surface area contributed by atoms with Crippen LogP contribution in [0.2, 0.25) is 0 Å². The van der Waals surface area contributed by atoms with Crippen LogP contribution in [0.5, 0.6) is 5.75 Å². The van der Waals surface area contributed by atoms with Gasteiger partial charge in [-0.25, -0.2) is 0 Å². The molecule has 1 aromatic heterocycles.